The van der Waals surface area contributed by atoms with Crippen LogP contribution in [0.3, 0.4) is 0 Å². The van der Waals surface area contributed by atoms with Gasteiger partial charge in [-0.1, -0.05) is 24.3 Å². The van der Waals surface area contributed by atoms with Crippen molar-refractivity contribution in [2.45, 2.75) is 25.2 Å². The number of piperidine rings is 1. The summed E-state index contributed by atoms with van der Waals surface area (Å²) in [6, 6.07) is 8.55. The van der Waals surface area contributed by atoms with E-state index in [1.807, 2.05) is 20.3 Å². The van der Waals surface area contributed by atoms with Gasteiger partial charge in [-0.3, -0.25) is 4.90 Å². The molecule has 0 N–H and O–H groups in total. The Morgan fingerprint density at radius 1 is 1.08 bits per heavy atom. The molecule has 5 nitrogen and oxygen atoms in total. The van der Waals surface area contributed by atoms with Crippen LogP contribution in [0.1, 0.15) is 18.4 Å². The predicted octanol–water partition coefficient (Wildman–Crippen LogP) is 2.64. The van der Waals surface area contributed by atoms with Gasteiger partial charge in [0.1, 0.15) is 5.82 Å². The molecule has 0 unspecified atom stereocenters. The molecule has 0 atom stereocenters. The summed E-state index contributed by atoms with van der Waals surface area (Å²) in [5.41, 5.74) is 1.29. The van der Waals surface area contributed by atoms with Crippen LogP contribution in [-0.2, 0) is 16.0 Å². The molecule has 1 aromatic carbocycles. The first-order chi connectivity index (χ1) is 11.7. The molecule has 0 saturated carbocycles. The second kappa shape index (κ2) is 6.31. The van der Waals surface area contributed by atoms with Crippen LogP contribution in [0.25, 0.3) is 10.8 Å². The van der Waals surface area contributed by atoms with Crippen LogP contribution in [0.15, 0.2) is 30.5 Å². The fourth-order valence-corrected chi connectivity index (χ4v) is 3.80. The largest absolute Gasteiger partial charge is 0.362 e. The molecular formula is C19H25N3O2. The first-order valence-corrected chi connectivity index (χ1v) is 8.71. The van der Waals surface area contributed by atoms with E-state index in [0.29, 0.717) is 0 Å². The average Bonchev–Trinajstić information content (AvgIpc) is 3.05. The molecule has 128 valence electrons. The lowest BCUT2D eigenvalue weighted by Crippen LogP contribution is -2.44. The summed E-state index contributed by atoms with van der Waals surface area (Å²) in [4.78, 5) is 9.25. The molecule has 0 radical (unpaired) electrons. The van der Waals surface area contributed by atoms with Gasteiger partial charge in [0.25, 0.3) is 0 Å². The van der Waals surface area contributed by atoms with Gasteiger partial charge in [-0.15, -0.1) is 0 Å². The number of nitrogens with zero attached hydrogens (tertiary/aromatic N) is 3. The maximum atomic E-state index is 5.83. The molecule has 0 bridgehead atoms. The van der Waals surface area contributed by atoms with Gasteiger partial charge in [0, 0.05) is 58.2 Å². The van der Waals surface area contributed by atoms with E-state index < -0.39 is 0 Å². The zero-order valence-corrected chi connectivity index (χ0v) is 14.5. The van der Waals surface area contributed by atoms with Gasteiger partial charge in [-0.2, -0.15) is 0 Å². The Labute approximate surface area is 143 Å². The van der Waals surface area contributed by atoms with Crippen molar-refractivity contribution in [1.29, 1.82) is 0 Å². The van der Waals surface area contributed by atoms with Crippen LogP contribution in [0.5, 0.6) is 0 Å². The molecule has 1 aromatic heterocycles. The Kier molecular flexibility index (Phi) is 4.16. The number of rotatable bonds is 3. The fourth-order valence-electron chi connectivity index (χ4n) is 3.80. The Bertz CT molecular complexity index is 716. The molecule has 2 aromatic rings. The molecule has 3 heterocycles. The Morgan fingerprint density at radius 2 is 1.75 bits per heavy atom. The molecule has 1 spiro atoms. The van der Waals surface area contributed by atoms with Gasteiger partial charge < -0.3 is 14.4 Å². The van der Waals surface area contributed by atoms with Gasteiger partial charge in [-0.25, -0.2) is 4.98 Å². The molecule has 24 heavy (non-hydrogen) atoms. The Hall–Kier alpha value is -1.69. The highest BCUT2D eigenvalue weighted by Gasteiger charge is 2.39. The minimum absolute atomic E-state index is 0.300. The fraction of sp³-hybridized carbons (Fsp3) is 0.526. The summed E-state index contributed by atoms with van der Waals surface area (Å²) in [6.07, 6.45) is 3.94. The second-order valence-corrected chi connectivity index (χ2v) is 6.93. The zero-order chi connectivity index (χ0) is 16.6. The van der Waals surface area contributed by atoms with Crippen molar-refractivity contribution >= 4 is 16.6 Å². The van der Waals surface area contributed by atoms with E-state index in [-0.39, 0.29) is 5.79 Å². The summed E-state index contributed by atoms with van der Waals surface area (Å²) >= 11 is 0. The topological polar surface area (TPSA) is 37.8 Å². The highest BCUT2D eigenvalue weighted by atomic mass is 16.7. The normalized spacial score (nSPS) is 20.8. The molecule has 2 saturated heterocycles. The minimum atomic E-state index is -0.300. The number of ether oxygens (including phenoxy) is 2. The van der Waals surface area contributed by atoms with Crippen LogP contribution >= 0.6 is 0 Å². The van der Waals surface area contributed by atoms with Crippen LogP contribution in [-0.4, -0.2) is 56.1 Å². The molecule has 2 fully saturated rings. The number of fused-ring (bicyclic) bond motifs is 1. The smallest absolute Gasteiger partial charge is 0.170 e. The number of hydrogen-bond donors (Lipinski definition) is 0. The van der Waals surface area contributed by atoms with Crippen molar-refractivity contribution in [1.82, 2.24) is 9.88 Å². The first kappa shape index (κ1) is 15.8. The van der Waals surface area contributed by atoms with Crippen LogP contribution in [0, 0.1) is 0 Å². The lowest BCUT2D eigenvalue weighted by atomic mass is 10.0. The van der Waals surface area contributed by atoms with E-state index in [1.165, 1.54) is 16.3 Å². The van der Waals surface area contributed by atoms with E-state index in [9.17, 15) is 0 Å². The molecule has 4 rings (SSSR count). The van der Waals surface area contributed by atoms with Gasteiger partial charge in [0.15, 0.2) is 5.79 Å². The summed E-state index contributed by atoms with van der Waals surface area (Å²) in [7, 11) is 4.08. The zero-order valence-electron chi connectivity index (χ0n) is 14.5. The Balaban J connectivity index is 1.54. The number of hydrogen-bond acceptors (Lipinski definition) is 5. The van der Waals surface area contributed by atoms with E-state index in [2.05, 4.69) is 34.1 Å². The highest BCUT2D eigenvalue weighted by molar-refractivity contribution is 5.94. The van der Waals surface area contributed by atoms with Crippen molar-refractivity contribution in [3.8, 4) is 0 Å². The monoisotopic (exact) mass is 327 g/mol. The highest BCUT2D eigenvalue weighted by Crippen LogP contribution is 2.33. The number of likely N-dealkylation sites (tertiary alicyclic amines) is 1. The summed E-state index contributed by atoms with van der Waals surface area (Å²) < 4.78 is 11.7. The van der Waals surface area contributed by atoms with E-state index in [0.717, 1.165) is 51.5 Å². The maximum Gasteiger partial charge on any atom is 0.170 e. The van der Waals surface area contributed by atoms with Crippen LogP contribution in [0.2, 0.25) is 0 Å². The first-order valence-electron chi connectivity index (χ1n) is 8.71. The van der Waals surface area contributed by atoms with Crippen LogP contribution < -0.4 is 4.90 Å². The van der Waals surface area contributed by atoms with Crippen molar-refractivity contribution in [2.75, 3.05) is 45.3 Å². The van der Waals surface area contributed by atoms with Crippen molar-refractivity contribution in [3.63, 3.8) is 0 Å². The third kappa shape index (κ3) is 2.88. The third-order valence-corrected chi connectivity index (χ3v) is 5.11. The Morgan fingerprint density at radius 3 is 2.42 bits per heavy atom. The van der Waals surface area contributed by atoms with Crippen LogP contribution in [0.4, 0.5) is 5.82 Å². The SMILES string of the molecule is CN(C)c1ncc(CN2CCC3(CC2)OCCO3)c2ccccc12. The van der Waals surface area contributed by atoms with Gasteiger partial charge in [0.05, 0.1) is 13.2 Å². The third-order valence-electron chi connectivity index (χ3n) is 5.11. The standard InChI is InChI=1S/C19H25N3O2/c1-21(2)18-17-6-4-3-5-16(17)15(13-20-18)14-22-9-7-19(8-10-22)23-11-12-24-19/h3-6,13H,7-12,14H2,1-2H3. The quantitative estimate of drug-likeness (QED) is 0.866. The van der Waals surface area contributed by atoms with Crippen molar-refractivity contribution < 1.29 is 9.47 Å². The molecule has 0 aliphatic carbocycles. The van der Waals surface area contributed by atoms with Gasteiger partial charge in [0.2, 0.25) is 0 Å². The lowest BCUT2D eigenvalue weighted by molar-refractivity contribution is -0.185. The minimum Gasteiger partial charge on any atom is -0.362 e. The summed E-state index contributed by atoms with van der Waals surface area (Å²) in [5, 5.41) is 2.51. The predicted molar refractivity (Wildman–Crippen MR) is 95.2 cm³/mol. The van der Waals surface area contributed by atoms with Crippen molar-refractivity contribution in [2.24, 2.45) is 0 Å². The molecule has 5 heteroatoms. The second-order valence-electron chi connectivity index (χ2n) is 6.93. The van der Waals surface area contributed by atoms with Gasteiger partial charge in [-0.05, 0) is 10.9 Å². The van der Waals surface area contributed by atoms with E-state index in [4.69, 9.17) is 14.5 Å². The lowest BCUT2D eigenvalue weighted by Gasteiger charge is -2.37. The summed E-state index contributed by atoms with van der Waals surface area (Å²) in [6.45, 7) is 4.41. The number of aromatic nitrogens is 1. The molecule has 2 aliphatic heterocycles. The molecular weight excluding hydrogens is 302 g/mol. The molecule has 2 aliphatic rings. The average molecular weight is 327 g/mol. The van der Waals surface area contributed by atoms with E-state index in [1.54, 1.807) is 0 Å². The summed E-state index contributed by atoms with van der Waals surface area (Å²) in [5.74, 6) is 0.728. The number of benzene rings is 1. The number of pyridine rings is 1. The molecule has 0 amide bonds. The number of anilines is 1. The maximum absolute atomic E-state index is 5.83. The van der Waals surface area contributed by atoms with Crippen molar-refractivity contribution in [3.05, 3.63) is 36.0 Å². The van der Waals surface area contributed by atoms with Gasteiger partial charge >= 0.3 is 0 Å². The van der Waals surface area contributed by atoms with E-state index >= 15 is 0 Å².